The van der Waals surface area contributed by atoms with Crippen LogP contribution in [0.2, 0.25) is 0 Å². The minimum Gasteiger partial charge on any atom is -0.492 e. The highest BCUT2D eigenvalue weighted by atomic mass is 16.5. The van der Waals surface area contributed by atoms with Crippen LogP contribution in [0.1, 0.15) is 39.4 Å². The zero-order chi connectivity index (χ0) is 30.7. The third-order valence-corrected chi connectivity index (χ3v) is 6.93. The second kappa shape index (κ2) is 14.6. The van der Waals surface area contributed by atoms with Gasteiger partial charge in [-0.3, -0.25) is 19.2 Å². The average molecular weight is 600 g/mol. The smallest absolute Gasteiger partial charge is 0.274 e. The van der Waals surface area contributed by atoms with Gasteiger partial charge in [0, 0.05) is 37.0 Å². The quantitative estimate of drug-likeness (QED) is 0.267. The van der Waals surface area contributed by atoms with E-state index < -0.39 is 17.9 Å². The van der Waals surface area contributed by atoms with E-state index in [-0.39, 0.29) is 50.2 Å². The minimum absolute atomic E-state index is 0.139. The number of aromatic amines is 1. The number of nitrogens with one attached hydrogen (secondary N) is 4. The number of hydrogen-bond donors (Lipinski definition) is 4. The van der Waals surface area contributed by atoms with Gasteiger partial charge in [-0.2, -0.15) is 0 Å². The molecule has 0 saturated carbocycles. The van der Waals surface area contributed by atoms with Crippen molar-refractivity contribution in [3.63, 3.8) is 0 Å². The Morgan fingerprint density at radius 3 is 2.66 bits per heavy atom. The first kappa shape index (κ1) is 29.9. The Kier molecular flexibility index (Phi) is 9.92. The summed E-state index contributed by atoms with van der Waals surface area (Å²) in [4.78, 5) is 61.2. The normalized spacial score (nSPS) is 17.2. The van der Waals surface area contributed by atoms with Crippen LogP contribution in [0.15, 0.2) is 73.3 Å². The maximum atomic E-state index is 13.6. The van der Waals surface area contributed by atoms with Crippen LogP contribution in [0.5, 0.6) is 5.75 Å². The van der Waals surface area contributed by atoms with Crippen LogP contribution in [0.4, 0.5) is 0 Å². The molecule has 2 aromatic carbocycles. The third-order valence-electron chi connectivity index (χ3n) is 6.93. The maximum Gasteiger partial charge on any atom is 0.274 e. The zero-order valence-electron chi connectivity index (χ0n) is 23.9. The highest BCUT2D eigenvalue weighted by Gasteiger charge is 2.25. The van der Waals surface area contributed by atoms with Gasteiger partial charge in [-0.25, -0.2) is 9.67 Å². The second-order valence-electron chi connectivity index (χ2n) is 10.1. The lowest BCUT2D eigenvalue weighted by atomic mass is 10.1. The van der Waals surface area contributed by atoms with Crippen LogP contribution >= 0.6 is 0 Å². The van der Waals surface area contributed by atoms with Gasteiger partial charge in [-0.1, -0.05) is 29.5 Å². The molecule has 2 bridgehead atoms. The molecule has 0 spiro atoms. The number of carbonyl (C=O) groups excluding carboxylic acids is 4. The van der Waals surface area contributed by atoms with E-state index in [4.69, 9.17) is 4.74 Å². The van der Waals surface area contributed by atoms with Crippen molar-refractivity contribution < 1.29 is 23.9 Å². The van der Waals surface area contributed by atoms with Crippen LogP contribution in [-0.2, 0) is 16.0 Å². The number of carbonyl (C=O) groups is 4. The van der Waals surface area contributed by atoms with E-state index in [1.54, 1.807) is 42.6 Å². The van der Waals surface area contributed by atoms with Crippen molar-refractivity contribution in [1.82, 2.24) is 45.8 Å². The largest absolute Gasteiger partial charge is 0.492 e. The summed E-state index contributed by atoms with van der Waals surface area (Å²) in [5.74, 6) is -1.12. The van der Waals surface area contributed by atoms with Crippen molar-refractivity contribution in [2.75, 3.05) is 32.8 Å². The van der Waals surface area contributed by atoms with Gasteiger partial charge in [-0.15, -0.1) is 5.10 Å². The topological polar surface area (TPSA) is 176 Å². The van der Waals surface area contributed by atoms with Crippen molar-refractivity contribution in [2.45, 2.75) is 25.3 Å². The Hall–Kier alpha value is -5.53. The fraction of sp³-hybridized carbons (Fsp3) is 0.300. The lowest BCUT2D eigenvalue weighted by molar-refractivity contribution is -0.123. The summed E-state index contributed by atoms with van der Waals surface area (Å²) in [6, 6.07) is 14.8. The number of ether oxygens (including phenoxy) is 1. The van der Waals surface area contributed by atoms with E-state index in [1.165, 1.54) is 22.1 Å². The van der Waals surface area contributed by atoms with Gasteiger partial charge in [0.1, 0.15) is 18.4 Å². The molecule has 14 heteroatoms. The lowest BCUT2D eigenvalue weighted by Gasteiger charge is -2.22. The minimum atomic E-state index is -0.861. The van der Waals surface area contributed by atoms with Gasteiger partial charge < -0.3 is 30.6 Å². The number of H-pyrrole nitrogens is 1. The number of fused-ring (bicyclic) bond motifs is 2. The fourth-order valence-electron chi connectivity index (χ4n) is 4.70. The number of para-hydroxylation sites is 1. The molecule has 1 atom stereocenters. The van der Waals surface area contributed by atoms with E-state index in [1.807, 2.05) is 18.2 Å². The molecule has 14 nitrogen and oxygen atoms in total. The molecule has 5 rings (SSSR count). The molecule has 0 saturated heterocycles. The molecule has 4 N–H and O–H groups in total. The van der Waals surface area contributed by atoms with Gasteiger partial charge in [0.15, 0.2) is 5.69 Å². The van der Waals surface area contributed by atoms with E-state index in [9.17, 15) is 19.2 Å². The molecule has 3 heterocycles. The zero-order valence-corrected chi connectivity index (χ0v) is 23.9. The van der Waals surface area contributed by atoms with Crippen LogP contribution in [0, 0.1) is 0 Å². The molecule has 0 unspecified atom stereocenters. The predicted octanol–water partition coefficient (Wildman–Crippen LogP) is 0.879. The van der Waals surface area contributed by atoms with Crippen molar-refractivity contribution in [1.29, 1.82) is 0 Å². The molecule has 228 valence electrons. The van der Waals surface area contributed by atoms with Crippen molar-refractivity contribution in [2.24, 2.45) is 0 Å². The third kappa shape index (κ3) is 7.85. The Morgan fingerprint density at radius 1 is 0.977 bits per heavy atom. The van der Waals surface area contributed by atoms with Crippen LogP contribution in [0.25, 0.3) is 5.69 Å². The SMILES string of the molecule is O=C1CN(C(=O)c2cnnn2-c2ccccc2)CCCCNC(=O)[C@H](Cc2cnc[nH]2)NC(=O)c2cccc(c2)OCCN1. The second-order valence-corrected chi connectivity index (χ2v) is 10.1. The molecule has 4 amide bonds. The molecule has 0 aliphatic carbocycles. The van der Waals surface area contributed by atoms with Gasteiger partial charge in [0.05, 0.1) is 31.3 Å². The molecular weight excluding hydrogens is 566 g/mol. The fourth-order valence-corrected chi connectivity index (χ4v) is 4.70. The first-order chi connectivity index (χ1) is 21.5. The Balaban J connectivity index is 1.32. The standard InChI is InChI=1S/C30H33N9O5/c40-27-19-38(30(43)26-18-35-37-39(26)23-8-2-1-3-9-23)13-5-4-11-33-29(42)25(16-22-17-31-20-34-22)36-28(41)21-7-6-10-24(15-21)44-14-12-32-27/h1-3,6-10,15,17-18,20,25H,4-5,11-14,16,19H2,(H,31,34)(H,32,40)(H,33,42)(H,36,41)/t25-/m0/s1. The number of aromatic nitrogens is 5. The highest BCUT2D eigenvalue weighted by molar-refractivity contribution is 5.98. The van der Waals surface area contributed by atoms with Crippen molar-refractivity contribution in [3.8, 4) is 11.4 Å². The molecule has 0 fully saturated rings. The Bertz CT molecular complexity index is 1570. The monoisotopic (exact) mass is 599 g/mol. The van der Waals surface area contributed by atoms with E-state index >= 15 is 0 Å². The lowest BCUT2D eigenvalue weighted by Crippen LogP contribution is -2.48. The summed E-state index contributed by atoms with van der Waals surface area (Å²) >= 11 is 0. The van der Waals surface area contributed by atoms with Gasteiger partial charge in [0.2, 0.25) is 11.8 Å². The molecular formula is C30H33N9O5. The van der Waals surface area contributed by atoms with Crippen molar-refractivity contribution >= 4 is 23.6 Å². The summed E-state index contributed by atoms with van der Waals surface area (Å²) in [7, 11) is 0. The molecule has 4 aromatic rings. The van der Waals surface area contributed by atoms with E-state index in [0.29, 0.717) is 42.1 Å². The Labute approximate surface area is 253 Å². The summed E-state index contributed by atoms with van der Waals surface area (Å²) in [5.41, 5.74) is 1.90. The number of benzene rings is 2. The number of hydrogen-bond acceptors (Lipinski definition) is 8. The van der Waals surface area contributed by atoms with Crippen LogP contribution in [0.3, 0.4) is 0 Å². The summed E-state index contributed by atoms with van der Waals surface area (Å²) in [6.07, 6.45) is 5.72. The van der Waals surface area contributed by atoms with Gasteiger partial charge >= 0.3 is 0 Å². The number of imidazole rings is 1. The molecule has 0 radical (unpaired) electrons. The summed E-state index contributed by atoms with van der Waals surface area (Å²) in [5, 5.41) is 16.5. The highest BCUT2D eigenvalue weighted by Crippen LogP contribution is 2.15. The van der Waals surface area contributed by atoms with Crippen LogP contribution < -0.4 is 20.7 Å². The first-order valence-electron chi connectivity index (χ1n) is 14.3. The Morgan fingerprint density at radius 2 is 1.84 bits per heavy atom. The maximum absolute atomic E-state index is 13.6. The number of amides is 4. The number of rotatable bonds is 4. The average Bonchev–Trinajstić information content (AvgIpc) is 3.75. The predicted molar refractivity (Wildman–Crippen MR) is 158 cm³/mol. The summed E-state index contributed by atoms with van der Waals surface area (Å²) in [6.45, 7) is 0.686. The molecule has 44 heavy (non-hydrogen) atoms. The van der Waals surface area contributed by atoms with E-state index in [2.05, 4.69) is 36.2 Å². The van der Waals surface area contributed by atoms with Gasteiger partial charge in [-0.05, 0) is 43.2 Å². The number of nitrogens with zero attached hydrogens (tertiary/aromatic N) is 5. The summed E-state index contributed by atoms with van der Waals surface area (Å²) < 4.78 is 7.19. The first-order valence-corrected chi connectivity index (χ1v) is 14.3. The van der Waals surface area contributed by atoms with Gasteiger partial charge in [0.25, 0.3) is 11.8 Å². The van der Waals surface area contributed by atoms with E-state index in [0.717, 1.165) is 0 Å². The molecule has 1 aliphatic rings. The van der Waals surface area contributed by atoms with Crippen LogP contribution in [-0.4, -0.2) is 92.3 Å². The van der Waals surface area contributed by atoms with Crippen molar-refractivity contribution in [3.05, 3.63) is 90.3 Å². The molecule has 1 aliphatic heterocycles. The molecule has 2 aromatic heterocycles.